The molecule has 192 valence electrons. The van der Waals surface area contributed by atoms with Crippen LogP contribution >= 0.6 is 22.7 Å². The Kier molecular flexibility index (Phi) is 6.69. The van der Waals surface area contributed by atoms with Gasteiger partial charge in [-0.2, -0.15) is 5.10 Å². The largest absolute Gasteiger partial charge is 0.466 e. The molecule has 0 radical (unpaired) electrons. The molecule has 0 aliphatic carbocycles. The van der Waals surface area contributed by atoms with Crippen LogP contribution in [-0.4, -0.2) is 58.4 Å². The summed E-state index contributed by atoms with van der Waals surface area (Å²) in [5.74, 6) is 1.20. The maximum Gasteiger partial charge on any atom is 0.410 e. The monoisotopic (exact) mass is 528 g/mol. The third kappa shape index (κ3) is 4.94. The van der Waals surface area contributed by atoms with E-state index in [1.54, 1.807) is 29.8 Å². The van der Waals surface area contributed by atoms with E-state index in [0.29, 0.717) is 19.0 Å². The van der Waals surface area contributed by atoms with Gasteiger partial charge < -0.3 is 19.1 Å². The molecule has 1 saturated heterocycles. The molecule has 10 heteroatoms. The zero-order valence-corrected chi connectivity index (χ0v) is 23.2. The minimum absolute atomic E-state index is 0.165. The zero-order chi connectivity index (χ0) is 25.6. The van der Waals surface area contributed by atoms with Crippen LogP contribution in [0, 0.1) is 6.92 Å². The number of hydrogen-bond acceptors (Lipinski definition) is 8. The van der Waals surface area contributed by atoms with E-state index >= 15 is 0 Å². The van der Waals surface area contributed by atoms with Crippen molar-refractivity contribution in [2.75, 3.05) is 27.0 Å². The van der Waals surface area contributed by atoms with E-state index in [9.17, 15) is 4.79 Å². The van der Waals surface area contributed by atoms with Crippen molar-refractivity contribution < 1.29 is 19.0 Å². The first-order chi connectivity index (χ1) is 17.1. The molecule has 0 bridgehead atoms. The van der Waals surface area contributed by atoms with E-state index in [1.165, 1.54) is 9.58 Å². The molecule has 1 fully saturated rings. The number of hydrogen-bond donors (Lipinski definition) is 0. The summed E-state index contributed by atoms with van der Waals surface area (Å²) in [6.45, 7) is 9.34. The molecule has 0 unspecified atom stereocenters. The van der Waals surface area contributed by atoms with Crippen LogP contribution in [0.4, 0.5) is 4.79 Å². The Morgan fingerprint density at radius 3 is 2.61 bits per heavy atom. The van der Waals surface area contributed by atoms with Crippen molar-refractivity contribution >= 4 is 49.2 Å². The fraction of sp³-hybridized carbons (Fsp3) is 0.500. The maximum absolute atomic E-state index is 12.4. The number of aryl methyl sites for hydroxylation is 2. The van der Waals surface area contributed by atoms with Crippen LogP contribution in [0.1, 0.15) is 50.0 Å². The average Bonchev–Trinajstić information content (AvgIpc) is 3.50. The summed E-state index contributed by atoms with van der Waals surface area (Å²) in [5, 5.41) is 6.59. The first-order valence-electron chi connectivity index (χ1n) is 12.1. The molecule has 0 spiro atoms. The maximum atomic E-state index is 12.4. The molecule has 1 aliphatic rings. The van der Waals surface area contributed by atoms with Gasteiger partial charge in [0.15, 0.2) is 6.79 Å². The number of benzene rings is 1. The van der Waals surface area contributed by atoms with E-state index in [2.05, 4.69) is 17.2 Å². The smallest absolute Gasteiger partial charge is 0.410 e. The Morgan fingerprint density at radius 1 is 1.19 bits per heavy atom. The molecule has 0 saturated carbocycles. The van der Waals surface area contributed by atoms with Gasteiger partial charge in [0.25, 0.3) is 0 Å². The van der Waals surface area contributed by atoms with Crippen molar-refractivity contribution in [1.82, 2.24) is 19.7 Å². The number of amides is 1. The summed E-state index contributed by atoms with van der Waals surface area (Å²) in [4.78, 5) is 21.6. The number of carbonyl (C=O) groups is 1. The van der Waals surface area contributed by atoms with Crippen LogP contribution in [0.5, 0.6) is 5.75 Å². The molecule has 3 aromatic heterocycles. The van der Waals surface area contributed by atoms with Crippen LogP contribution in [0.3, 0.4) is 0 Å². The fourth-order valence-electron chi connectivity index (χ4n) is 4.64. The van der Waals surface area contributed by atoms with Gasteiger partial charge in [0, 0.05) is 49.3 Å². The zero-order valence-electron chi connectivity index (χ0n) is 21.6. The summed E-state index contributed by atoms with van der Waals surface area (Å²) in [6, 6.07) is 4.39. The van der Waals surface area contributed by atoms with Crippen molar-refractivity contribution in [2.24, 2.45) is 7.05 Å². The highest BCUT2D eigenvalue weighted by Gasteiger charge is 2.29. The van der Waals surface area contributed by atoms with Gasteiger partial charge in [-0.3, -0.25) is 4.68 Å². The summed E-state index contributed by atoms with van der Waals surface area (Å²) in [6.07, 6.45) is 3.67. The number of methoxy groups -OCH3 is 1. The number of thiophene rings is 1. The molecule has 0 atom stereocenters. The molecule has 1 aliphatic heterocycles. The van der Waals surface area contributed by atoms with Gasteiger partial charge in [-0.1, -0.05) is 0 Å². The van der Waals surface area contributed by atoms with Crippen LogP contribution in [0.2, 0.25) is 0 Å². The Hall–Kier alpha value is -2.69. The molecule has 8 nitrogen and oxygen atoms in total. The molecule has 1 amide bonds. The normalized spacial score (nSPS) is 15.2. The van der Waals surface area contributed by atoms with E-state index in [4.69, 9.17) is 19.2 Å². The van der Waals surface area contributed by atoms with Crippen molar-refractivity contribution in [3.8, 4) is 16.3 Å². The Bertz CT molecular complexity index is 1380. The second-order valence-electron chi connectivity index (χ2n) is 10.2. The average molecular weight is 529 g/mol. The number of carbonyl (C=O) groups excluding carboxylic acids is 1. The number of aromatic nitrogens is 3. The summed E-state index contributed by atoms with van der Waals surface area (Å²) in [7, 11) is 3.54. The highest BCUT2D eigenvalue weighted by atomic mass is 32.1. The van der Waals surface area contributed by atoms with E-state index < -0.39 is 5.60 Å². The molecule has 1 aromatic carbocycles. The van der Waals surface area contributed by atoms with Crippen LogP contribution in [-0.2, 0) is 16.5 Å². The third-order valence-corrected chi connectivity index (χ3v) is 8.66. The first kappa shape index (κ1) is 25.0. The number of ether oxygens (including phenoxy) is 3. The standard InChI is InChI=1S/C26H32N4O4S2/c1-15-21-17(13-29(5)28-21)11-18(22(15)33-14-32-6)23-27-24-20(36-23)12-19(35-24)16-7-9-30(10-8-16)25(31)34-26(2,3)4/h11-13,16H,7-10,14H2,1-6H3. The lowest BCUT2D eigenvalue weighted by Gasteiger charge is -2.33. The lowest BCUT2D eigenvalue weighted by Crippen LogP contribution is -2.41. The fourth-order valence-corrected chi connectivity index (χ4v) is 7.05. The molecular weight excluding hydrogens is 496 g/mol. The van der Waals surface area contributed by atoms with Gasteiger partial charge in [-0.25, -0.2) is 9.78 Å². The van der Waals surface area contributed by atoms with Crippen molar-refractivity contribution in [1.29, 1.82) is 0 Å². The van der Waals surface area contributed by atoms with E-state index in [0.717, 1.165) is 50.5 Å². The summed E-state index contributed by atoms with van der Waals surface area (Å²) in [5.41, 5.74) is 2.40. The Morgan fingerprint density at radius 2 is 1.94 bits per heavy atom. The van der Waals surface area contributed by atoms with Gasteiger partial charge in [0.05, 0.1) is 15.8 Å². The number of nitrogens with zero attached hydrogens (tertiary/aromatic N) is 4. The van der Waals surface area contributed by atoms with Crippen LogP contribution in [0.15, 0.2) is 18.3 Å². The second-order valence-corrected chi connectivity index (χ2v) is 12.3. The second kappa shape index (κ2) is 9.64. The van der Waals surface area contributed by atoms with Crippen molar-refractivity contribution in [3.05, 3.63) is 28.8 Å². The molecule has 4 aromatic rings. The van der Waals surface area contributed by atoms with E-state index in [-0.39, 0.29) is 12.9 Å². The predicted octanol–water partition coefficient (Wildman–Crippen LogP) is 6.32. The van der Waals surface area contributed by atoms with Crippen molar-refractivity contribution in [2.45, 2.75) is 52.1 Å². The van der Waals surface area contributed by atoms with Gasteiger partial charge in [0.1, 0.15) is 21.2 Å². The summed E-state index contributed by atoms with van der Waals surface area (Å²) >= 11 is 3.44. The SMILES string of the molecule is COCOc1c(-c2nc3sc(C4CCN(C(=O)OC(C)(C)C)CC4)cc3s2)cc2cn(C)nc2c1C. The Labute approximate surface area is 218 Å². The minimum atomic E-state index is -0.468. The van der Waals surface area contributed by atoms with Gasteiger partial charge in [0.2, 0.25) is 0 Å². The van der Waals surface area contributed by atoms with Gasteiger partial charge in [-0.05, 0) is 58.6 Å². The van der Waals surface area contributed by atoms with Gasteiger partial charge >= 0.3 is 6.09 Å². The highest BCUT2D eigenvalue weighted by Crippen LogP contribution is 2.44. The topological polar surface area (TPSA) is 78.7 Å². The predicted molar refractivity (Wildman–Crippen MR) is 144 cm³/mol. The molecule has 4 heterocycles. The number of likely N-dealkylation sites (tertiary alicyclic amines) is 1. The van der Waals surface area contributed by atoms with Crippen LogP contribution < -0.4 is 4.74 Å². The van der Waals surface area contributed by atoms with Crippen LogP contribution in [0.25, 0.3) is 31.0 Å². The first-order valence-corrected chi connectivity index (χ1v) is 13.7. The minimum Gasteiger partial charge on any atom is -0.466 e. The molecule has 0 N–H and O–H groups in total. The Balaban J connectivity index is 1.37. The van der Waals surface area contributed by atoms with E-state index in [1.807, 2.05) is 50.5 Å². The molecular formula is C26H32N4O4S2. The summed E-state index contributed by atoms with van der Waals surface area (Å²) < 4.78 is 19.7. The molecule has 5 rings (SSSR count). The quantitative estimate of drug-likeness (QED) is 0.282. The highest BCUT2D eigenvalue weighted by molar-refractivity contribution is 7.28. The van der Waals surface area contributed by atoms with Gasteiger partial charge in [-0.15, -0.1) is 22.7 Å². The lowest BCUT2D eigenvalue weighted by atomic mass is 9.95. The molecule has 36 heavy (non-hydrogen) atoms. The number of piperidine rings is 1. The number of fused-ring (bicyclic) bond motifs is 2. The van der Waals surface area contributed by atoms with Crippen molar-refractivity contribution in [3.63, 3.8) is 0 Å². The lowest BCUT2D eigenvalue weighted by molar-refractivity contribution is 0.0205. The third-order valence-electron chi connectivity index (χ3n) is 6.31. The number of rotatable bonds is 5. The number of thiazole rings is 1.